The van der Waals surface area contributed by atoms with Crippen molar-refractivity contribution >= 4 is 23.2 Å². The van der Waals surface area contributed by atoms with Crippen LogP contribution < -0.4 is 0 Å². The zero-order valence-corrected chi connectivity index (χ0v) is 18.9. The van der Waals surface area contributed by atoms with Crippen molar-refractivity contribution in [2.75, 3.05) is 0 Å². The van der Waals surface area contributed by atoms with Crippen LogP contribution in [0.1, 0.15) is 71.6 Å². The van der Waals surface area contributed by atoms with E-state index in [-0.39, 0.29) is 25.8 Å². The van der Waals surface area contributed by atoms with Crippen LogP contribution in [0.15, 0.2) is 44.5 Å². The smallest absolute Gasteiger partial charge is 0.0253 e. The summed E-state index contributed by atoms with van der Waals surface area (Å²) in [6.07, 6.45) is 14.6. The predicted octanol–water partition coefficient (Wildman–Crippen LogP) is 7.40. The van der Waals surface area contributed by atoms with Crippen LogP contribution in [0.5, 0.6) is 0 Å². The van der Waals surface area contributed by atoms with E-state index in [1.54, 1.807) is 0 Å². The minimum absolute atomic E-state index is 0. The molecule has 0 saturated heterocycles. The van der Waals surface area contributed by atoms with Crippen molar-refractivity contribution in [3.05, 3.63) is 44.5 Å². The molecule has 0 N–H and O–H groups in total. The second-order valence-corrected chi connectivity index (χ2v) is 6.93. The first kappa shape index (κ1) is 20.5. The van der Waals surface area contributed by atoms with Gasteiger partial charge < -0.3 is 0 Å². The van der Waals surface area contributed by atoms with Gasteiger partial charge in [0.1, 0.15) is 0 Å². The second-order valence-electron chi connectivity index (χ2n) is 6.02. The summed E-state index contributed by atoms with van der Waals surface area (Å²) in [6.45, 7) is 4.47. The Morgan fingerprint density at radius 3 is 1.59 bits per heavy atom. The predicted molar refractivity (Wildman–Crippen MR) is 94.8 cm³/mol. The molecule has 0 fully saturated rings. The Balaban J connectivity index is 0.00000242. The fourth-order valence-electron chi connectivity index (χ4n) is 3.13. The van der Waals surface area contributed by atoms with Gasteiger partial charge in [-0.1, -0.05) is 62.0 Å². The molecule has 3 heteroatoms. The molecule has 0 radical (unpaired) electrons. The van der Waals surface area contributed by atoms with Crippen LogP contribution >= 0.6 is 23.2 Å². The zero-order valence-electron chi connectivity index (χ0n) is 13.8. The third-order valence-electron chi connectivity index (χ3n) is 4.43. The number of hydrogen-bond acceptors (Lipinski definition) is 0. The number of halogens is 2. The molecule has 0 heterocycles. The molecule has 0 atom stereocenters. The van der Waals surface area contributed by atoms with Crippen LogP contribution in [0.25, 0.3) is 0 Å². The average molecular weight is 504 g/mol. The molecule has 2 rings (SSSR count). The monoisotopic (exact) mass is 504 g/mol. The zero-order chi connectivity index (χ0) is 15.2. The van der Waals surface area contributed by atoms with Gasteiger partial charge in [0.05, 0.1) is 0 Å². The molecule has 0 saturated carbocycles. The van der Waals surface area contributed by atoms with E-state index in [1.165, 1.54) is 48.0 Å². The molecule has 0 nitrogen and oxygen atoms in total. The molecule has 0 aromatic heterocycles. The minimum atomic E-state index is 0. The van der Waals surface area contributed by atoms with Gasteiger partial charge in [0.2, 0.25) is 0 Å². The Morgan fingerprint density at radius 2 is 1.23 bits per heavy atom. The van der Waals surface area contributed by atoms with Gasteiger partial charge in [-0.15, -0.1) is 0 Å². The van der Waals surface area contributed by atoms with Crippen LogP contribution in [0.2, 0.25) is 0 Å². The van der Waals surface area contributed by atoms with Gasteiger partial charge >= 0.3 is 0 Å². The molecule has 0 unspecified atom stereocenters. The quantitative estimate of drug-likeness (QED) is 0.303. The first-order valence-electron chi connectivity index (χ1n) is 8.31. The SMILES string of the molecule is CCCCC1=C(Cl)CC=C1CC1=CCC(Cl)=C1CCCC.[Hf]. The largest absolute Gasteiger partial charge is 0.0885 e. The van der Waals surface area contributed by atoms with Gasteiger partial charge in [-0.3, -0.25) is 0 Å². The Labute approximate surface area is 164 Å². The van der Waals surface area contributed by atoms with Crippen molar-refractivity contribution in [1.29, 1.82) is 0 Å². The maximum atomic E-state index is 6.41. The van der Waals surface area contributed by atoms with Gasteiger partial charge in [-0.05, 0) is 54.4 Å². The van der Waals surface area contributed by atoms with Gasteiger partial charge in [-0.25, -0.2) is 0 Å². The van der Waals surface area contributed by atoms with Crippen LogP contribution in [0.3, 0.4) is 0 Å². The molecule has 0 spiro atoms. The molecule has 22 heavy (non-hydrogen) atoms. The van der Waals surface area contributed by atoms with Crippen molar-refractivity contribution < 1.29 is 25.8 Å². The van der Waals surface area contributed by atoms with E-state index in [4.69, 9.17) is 23.2 Å². The number of rotatable bonds is 8. The fraction of sp³-hybridized carbons (Fsp3) is 0.579. The Kier molecular flexibility index (Phi) is 9.59. The Hall–Kier alpha value is 0.410. The molecular formula is C19H26Cl2Hf. The van der Waals surface area contributed by atoms with Crippen molar-refractivity contribution in [2.45, 2.75) is 71.6 Å². The fourth-order valence-corrected chi connectivity index (χ4v) is 3.72. The average Bonchev–Trinajstić information content (AvgIpc) is 2.99. The van der Waals surface area contributed by atoms with E-state index >= 15 is 0 Å². The molecule has 2 aliphatic carbocycles. The molecule has 120 valence electrons. The summed E-state index contributed by atoms with van der Waals surface area (Å²) in [5.74, 6) is 0. The van der Waals surface area contributed by atoms with E-state index in [0.717, 1.165) is 42.2 Å². The van der Waals surface area contributed by atoms with Gasteiger partial charge in [0.25, 0.3) is 0 Å². The topological polar surface area (TPSA) is 0 Å². The van der Waals surface area contributed by atoms with Crippen LogP contribution in [-0.2, 0) is 25.8 Å². The van der Waals surface area contributed by atoms with E-state index < -0.39 is 0 Å². The maximum Gasteiger partial charge on any atom is 0.0253 e. The third kappa shape index (κ3) is 5.21. The van der Waals surface area contributed by atoms with Crippen molar-refractivity contribution in [1.82, 2.24) is 0 Å². The molecule has 0 aliphatic heterocycles. The van der Waals surface area contributed by atoms with Crippen molar-refractivity contribution in [3.8, 4) is 0 Å². The summed E-state index contributed by atoms with van der Waals surface area (Å²) in [5.41, 5.74) is 5.69. The first-order valence-corrected chi connectivity index (χ1v) is 9.06. The second kappa shape index (κ2) is 10.3. The standard InChI is InChI=1S/C19H26Cl2.Hf/c1-3-5-7-16-14(9-11-18(16)20)13-15-10-12-19(21)17(15)8-6-4-2;/h9-10H,3-8,11-13H2,1-2H3;. The summed E-state index contributed by atoms with van der Waals surface area (Å²) in [4.78, 5) is 0. The third-order valence-corrected chi connectivity index (χ3v) is 5.19. The molecule has 0 aromatic rings. The van der Waals surface area contributed by atoms with Crippen molar-refractivity contribution in [3.63, 3.8) is 0 Å². The van der Waals surface area contributed by atoms with Crippen LogP contribution in [0, 0.1) is 0 Å². The maximum absolute atomic E-state index is 6.41. The normalized spacial score (nSPS) is 17.8. The summed E-state index contributed by atoms with van der Waals surface area (Å²) in [6, 6.07) is 0. The molecule has 2 aliphatic rings. The van der Waals surface area contributed by atoms with Crippen LogP contribution in [0.4, 0.5) is 0 Å². The van der Waals surface area contributed by atoms with Gasteiger partial charge in [0, 0.05) is 48.7 Å². The first-order chi connectivity index (χ1) is 10.2. The molecule has 0 aromatic carbocycles. The summed E-state index contributed by atoms with van der Waals surface area (Å²) in [7, 11) is 0. The van der Waals surface area contributed by atoms with Gasteiger partial charge in [-0.2, -0.15) is 0 Å². The Morgan fingerprint density at radius 1 is 0.818 bits per heavy atom. The molecular weight excluding hydrogens is 478 g/mol. The summed E-state index contributed by atoms with van der Waals surface area (Å²) >= 11 is 12.8. The van der Waals surface area contributed by atoms with Crippen LogP contribution in [-0.4, -0.2) is 0 Å². The van der Waals surface area contributed by atoms with E-state index in [2.05, 4.69) is 26.0 Å². The molecule has 0 bridgehead atoms. The van der Waals surface area contributed by atoms with E-state index in [0.29, 0.717) is 0 Å². The van der Waals surface area contributed by atoms with E-state index in [9.17, 15) is 0 Å². The molecule has 0 amide bonds. The number of allylic oxidation sites excluding steroid dienone is 8. The summed E-state index contributed by atoms with van der Waals surface area (Å²) in [5, 5.41) is 2.12. The minimum Gasteiger partial charge on any atom is -0.0885 e. The number of unbranched alkanes of at least 4 members (excludes halogenated alkanes) is 2. The summed E-state index contributed by atoms with van der Waals surface area (Å²) < 4.78 is 0. The Bertz CT molecular complexity index is 464. The number of hydrogen-bond donors (Lipinski definition) is 0. The van der Waals surface area contributed by atoms with E-state index in [1.807, 2.05) is 0 Å². The van der Waals surface area contributed by atoms with Gasteiger partial charge in [0.15, 0.2) is 0 Å². The van der Waals surface area contributed by atoms with Crippen molar-refractivity contribution in [2.24, 2.45) is 0 Å².